The van der Waals surface area contributed by atoms with E-state index in [1.165, 1.54) is 17.0 Å². The van der Waals surface area contributed by atoms with Gasteiger partial charge < -0.3 is 9.84 Å². The summed E-state index contributed by atoms with van der Waals surface area (Å²) in [6.45, 7) is 9.29. The van der Waals surface area contributed by atoms with Gasteiger partial charge in [-0.3, -0.25) is 4.90 Å². The number of hydrogen-bond donors (Lipinski definition) is 1. The lowest BCUT2D eigenvalue weighted by Crippen LogP contribution is -2.30. The van der Waals surface area contributed by atoms with Crippen molar-refractivity contribution in [3.05, 3.63) is 88.3 Å². The third-order valence-electron chi connectivity index (χ3n) is 6.75. The van der Waals surface area contributed by atoms with Crippen molar-refractivity contribution in [1.29, 1.82) is 0 Å². The fourth-order valence-corrected chi connectivity index (χ4v) is 4.39. The summed E-state index contributed by atoms with van der Waals surface area (Å²) in [5, 5.41) is 10.3. The standard InChI is InChI=1S/C21H21F4NO3.C9H6F6.C2H6/c1-11(2)16-7-17(19(27)8-18(16)22)15-5-4-14(21(23,24)25)6-13(15)9-26-12(3)10-29-20(26)28;10-8(11,12)6-3-1-2-4-7(5-6)9(13,14)15;1-2/h4-8,11-12,27H,9-10H2,1-3H3;1,3-5H,2H2;1-2H3. The molecule has 1 aliphatic heterocycles. The Morgan fingerprint density at radius 3 is 2.02 bits per heavy atom. The predicted molar refractivity (Wildman–Crippen MR) is 152 cm³/mol. The average molecular weight is 670 g/mol. The second-order valence-electron chi connectivity index (χ2n) is 10.4. The third kappa shape index (κ3) is 9.76. The number of hydrogen-bond acceptors (Lipinski definition) is 3. The molecule has 1 N–H and O–H groups in total. The van der Waals surface area contributed by atoms with E-state index in [0.717, 1.165) is 30.4 Å². The first-order valence-corrected chi connectivity index (χ1v) is 14.1. The van der Waals surface area contributed by atoms with Gasteiger partial charge in [0.1, 0.15) is 18.2 Å². The van der Waals surface area contributed by atoms with Gasteiger partial charge in [-0.2, -0.15) is 39.5 Å². The molecule has 14 heteroatoms. The maximum atomic E-state index is 14.2. The van der Waals surface area contributed by atoms with Crippen molar-refractivity contribution in [2.45, 2.75) is 78.1 Å². The first kappa shape index (κ1) is 38.2. The highest BCUT2D eigenvalue weighted by molar-refractivity contribution is 5.76. The fraction of sp³-hybridized carbons (Fsp3) is 0.406. The second-order valence-corrected chi connectivity index (χ2v) is 10.4. The Balaban J connectivity index is 0.000000365. The number of amides is 1. The SMILES string of the molecule is CC.CC(C)c1cc(-c2ccc(C(F)(F)F)cc2CN2C(=O)OCC2C)c(O)cc1F.FC(F)(F)C1=CCC=CC(C(F)(F)F)=C1. The van der Waals surface area contributed by atoms with Gasteiger partial charge in [-0.05, 0) is 60.2 Å². The van der Waals surface area contributed by atoms with Crippen LogP contribution in [0.2, 0.25) is 0 Å². The molecular weight excluding hydrogens is 636 g/mol. The molecule has 4 rings (SSSR count). The quantitative estimate of drug-likeness (QED) is 0.330. The number of allylic oxidation sites excluding steroid dienone is 6. The van der Waals surface area contributed by atoms with Gasteiger partial charge in [-0.1, -0.05) is 52.0 Å². The van der Waals surface area contributed by atoms with Crippen molar-refractivity contribution in [3.8, 4) is 16.9 Å². The second kappa shape index (κ2) is 15.1. The maximum absolute atomic E-state index is 14.2. The summed E-state index contributed by atoms with van der Waals surface area (Å²) < 4.78 is 132. The molecule has 1 amide bonds. The number of ether oxygens (including phenoxy) is 1. The van der Waals surface area contributed by atoms with E-state index in [0.29, 0.717) is 17.2 Å². The lowest BCUT2D eigenvalue weighted by molar-refractivity contribution is -0.137. The molecule has 2 aromatic rings. The van der Waals surface area contributed by atoms with E-state index >= 15 is 0 Å². The Hall–Kier alpha value is -3.97. The van der Waals surface area contributed by atoms with E-state index in [-0.39, 0.29) is 54.5 Å². The molecular formula is C32H33F10NO3. The van der Waals surface area contributed by atoms with E-state index in [9.17, 15) is 53.8 Å². The Morgan fingerprint density at radius 2 is 1.52 bits per heavy atom. The molecule has 2 aromatic carbocycles. The molecule has 1 saturated heterocycles. The summed E-state index contributed by atoms with van der Waals surface area (Å²) in [7, 11) is 0. The number of cyclic esters (lactones) is 1. The zero-order chi connectivity index (χ0) is 35.2. The van der Waals surface area contributed by atoms with E-state index in [2.05, 4.69) is 0 Å². The summed E-state index contributed by atoms with van der Waals surface area (Å²) in [6.07, 6.45) is -12.3. The van der Waals surface area contributed by atoms with Gasteiger partial charge in [0, 0.05) is 11.6 Å². The third-order valence-corrected chi connectivity index (χ3v) is 6.75. The molecule has 0 radical (unpaired) electrons. The molecule has 46 heavy (non-hydrogen) atoms. The predicted octanol–water partition coefficient (Wildman–Crippen LogP) is 10.6. The summed E-state index contributed by atoms with van der Waals surface area (Å²) in [5.41, 5.74) is -2.41. The van der Waals surface area contributed by atoms with Gasteiger partial charge >= 0.3 is 24.6 Å². The van der Waals surface area contributed by atoms with Gasteiger partial charge in [0.25, 0.3) is 0 Å². The highest BCUT2D eigenvalue weighted by atomic mass is 19.4. The molecule has 2 aliphatic rings. The largest absolute Gasteiger partial charge is 0.507 e. The van der Waals surface area contributed by atoms with Gasteiger partial charge in [-0.15, -0.1) is 0 Å². The molecule has 0 saturated carbocycles. The van der Waals surface area contributed by atoms with Crippen LogP contribution in [0.1, 0.15) is 63.6 Å². The highest BCUT2D eigenvalue weighted by Gasteiger charge is 2.38. The molecule has 1 aliphatic carbocycles. The maximum Gasteiger partial charge on any atom is 0.416 e. The van der Waals surface area contributed by atoms with Gasteiger partial charge in [-0.25, -0.2) is 9.18 Å². The first-order valence-electron chi connectivity index (χ1n) is 14.1. The van der Waals surface area contributed by atoms with Crippen LogP contribution in [-0.2, 0) is 17.5 Å². The lowest BCUT2D eigenvalue weighted by Gasteiger charge is -2.22. The molecule has 1 heterocycles. The minimum atomic E-state index is -4.76. The summed E-state index contributed by atoms with van der Waals surface area (Å²) >= 11 is 0. The van der Waals surface area contributed by atoms with Gasteiger partial charge in [0.05, 0.1) is 29.3 Å². The molecule has 1 fully saturated rings. The van der Waals surface area contributed by atoms with Crippen LogP contribution < -0.4 is 0 Å². The van der Waals surface area contributed by atoms with Crippen LogP contribution in [0, 0.1) is 5.82 Å². The van der Waals surface area contributed by atoms with Crippen molar-refractivity contribution in [2.75, 3.05) is 6.61 Å². The number of aromatic hydroxyl groups is 1. The normalized spacial score (nSPS) is 16.9. The number of alkyl halides is 9. The van der Waals surface area contributed by atoms with E-state index in [4.69, 9.17) is 4.74 Å². The van der Waals surface area contributed by atoms with Crippen LogP contribution in [0.15, 0.2) is 65.8 Å². The summed E-state index contributed by atoms with van der Waals surface area (Å²) in [5.74, 6) is -1.17. The van der Waals surface area contributed by atoms with Gasteiger partial charge in [0.15, 0.2) is 0 Å². The van der Waals surface area contributed by atoms with Crippen LogP contribution >= 0.6 is 0 Å². The van der Waals surface area contributed by atoms with Crippen LogP contribution in [0.25, 0.3) is 11.1 Å². The molecule has 254 valence electrons. The first-order chi connectivity index (χ1) is 21.2. The molecule has 4 nitrogen and oxygen atoms in total. The fourth-order valence-electron chi connectivity index (χ4n) is 4.39. The van der Waals surface area contributed by atoms with Crippen LogP contribution in [0.3, 0.4) is 0 Å². The van der Waals surface area contributed by atoms with E-state index in [1.54, 1.807) is 20.8 Å². The van der Waals surface area contributed by atoms with Crippen molar-refractivity contribution >= 4 is 6.09 Å². The van der Waals surface area contributed by atoms with E-state index < -0.39 is 47.1 Å². The number of carbonyl (C=O) groups is 1. The zero-order valence-electron chi connectivity index (χ0n) is 25.5. The van der Waals surface area contributed by atoms with Crippen LogP contribution in [0.5, 0.6) is 5.75 Å². The Labute approximate surface area is 259 Å². The number of benzene rings is 2. The van der Waals surface area contributed by atoms with Crippen molar-refractivity contribution in [2.24, 2.45) is 0 Å². The summed E-state index contributed by atoms with van der Waals surface area (Å²) in [6, 6.07) is 5.18. The van der Waals surface area contributed by atoms with Crippen molar-refractivity contribution < 1.29 is 58.5 Å². The van der Waals surface area contributed by atoms with Crippen LogP contribution in [-0.4, -0.2) is 41.1 Å². The Morgan fingerprint density at radius 1 is 0.913 bits per heavy atom. The number of halogens is 10. The lowest BCUT2D eigenvalue weighted by atomic mass is 9.92. The molecule has 0 aromatic heterocycles. The number of phenols is 1. The zero-order valence-corrected chi connectivity index (χ0v) is 25.5. The molecule has 0 bridgehead atoms. The molecule has 1 unspecified atom stereocenters. The number of rotatable bonds is 4. The van der Waals surface area contributed by atoms with Crippen molar-refractivity contribution in [3.63, 3.8) is 0 Å². The monoisotopic (exact) mass is 669 g/mol. The smallest absolute Gasteiger partial charge is 0.416 e. The van der Waals surface area contributed by atoms with Gasteiger partial charge in [0.2, 0.25) is 0 Å². The molecule has 0 spiro atoms. The Bertz CT molecular complexity index is 1470. The number of carbonyl (C=O) groups excluding carboxylic acids is 1. The molecule has 1 atom stereocenters. The van der Waals surface area contributed by atoms with Crippen LogP contribution in [0.4, 0.5) is 48.7 Å². The summed E-state index contributed by atoms with van der Waals surface area (Å²) in [4.78, 5) is 13.3. The Kier molecular flexibility index (Phi) is 12.5. The topological polar surface area (TPSA) is 49.8 Å². The average Bonchev–Trinajstić information content (AvgIpc) is 3.12. The number of phenolic OH excluding ortho intramolecular Hbond substituents is 1. The van der Waals surface area contributed by atoms with E-state index in [1.807, 2.05) is 13.8 Å². The minimum absolute atomic E-state index is 0.115. The minimum Gasteiger partial charge on any atom is -0.507 e. The number of nitrogens with zero attached hydrogens (tertiary/aromatic N) is 1. The van der Waals surface area contributed by atoms with Crippen molar-refractivity contribution in [1.82, 2.24) is 4.90 Å². The highest BCUT2D eigenvalue weighted by Crippen LogP contribution is 2.40.